The number of ketones is 1. The molecule has 2 saturated carbocycles. The number of nitrogens with zero attached hydrogens (tertiary/aromatic N) is 1. The summed E-state index contributed by atoms with van der Waals surface area (Å²) in [5.74, 6) is -1.69. The van der Waals surface area contributed by atoms with E-state index in [0.717, 1.165) is 22.4 Å². The molecule has 0 aromatic heterocycles. The molecule has 2 amide bonds. The largest absolute Gasteiger partial charge is 0.456 e. The van der Waals surface area contributed by atoms with Gasteiger partial charge in [-0.05, 0) is 47.8 Å². The van der Waals surface area contributed by atoms with Crippen molar-refractivity contribution in [3.05, 3.63) is 60.2 Å². The Labute approximate surface area is 237 Å². The zero-order valence-corrected chi connectivity index (χ0v) is 24.2. The second kappa shape index (κ2) is 11.0. The summed E-state index contributed by atoms with van der Waals surface area (Å²) in [5.41, 5.74) is 2.45. The lowest BCUT2D eigenvalue weighted by Crippen LogP contribution is -2.47. The number of benzene rings is 2. The average molecular weight is 649 g/mol. The number of carbonyl (C=O) groups excluding carboxylic acids is 4. The number of Topliss-reactive ketones (excluding diaryl/α,β-unsaturated/α-hetero) is 1. The highest BCUT2D eigenvalue weighted by atomic mass is 79.9. The predicted molar refractivity (Wildman–Crippen MR) is 150 cm³/mol. The van der Waals surface area contributed by atoms with Crippen LogP contribution in [0.1, 0.15) is 23.2 Å². The highest BCUT2D eigenvalue weighted by Crippen LogP contribution is 2.60. The minimum Gasteiger partial charge on any atom is -0.456 e. The normalized spacial score (nSPS) is 28.9. The van der Waals surface area contributed by atoms with Crippen molar-refractivity contribution in [2.45, 2.75) is 28.5 Å². The first-order valence-corrected chi connectivity index (χ1v) is 15.5. The molecule has 2 aliphatic carbocycles. The lowest BCUT2D eigenvalue weighted by Gasteiger charge is -2.28. The molecule has 1 saturated heterocycles. The Morgan fingerprint density at radius 2 is 1.51 bits per heavy atom. The smallest absolute Gasteiger partial charge is 0.329 e. The van der Waals surface area contributed by atoms with Crippen molar-refractivity contribution in [2.24, 2.45) is 23.7 Å². The van der Waals surface area contributed by atoms with Crippen molar-refractivity contribution in [1.29, 1.82) is 0 Å². The molecule has 194 valence electrons. The van der Waals surface area contributed by atoms with Gasteiger partial charge in [0.2, 0.25) is 11.8 Å². The number of ether oxygens (including phenoxy) is 1. The predicted octanol–water partition coefficient (Wildman–Crippen LogP) is 4.98. The Morgan fingerprint density at radius 1 is 0.946 bits per heavy atom. The van der Waals surface area contributed by atoms with Crippen LogP contribution in [0.15, 0.2) is 54.6 Å². The van der Waals surface area contributed by atoms with Crippen LogP contribution in [0, 0.1) is 23.7 Å². The molecule has 0 radical (unpaired) electrons. The van der Waals surface area contributed by atoms with E-state index in [-0.39, 0.29) is 39.1 Å². The molecule has 7 atom stereocenters. The van der Waals surface area contributed by atoms with Crippen molar-refractivity contribution in [3.63, 3.8) is 0 Å². The molecule has 3 fully saturated rings. The van der Waals surface area contributed by atoms with E-state index in [2.05, 4.69) is 31.9 Å². The SMILES string of the molecule is CSCCC(C(=O)OCC(=O)c1ccc(-c2ccccc2)cc1)N1C(=O)C2C3CC(C(Br)C3Br)C2C1=O. The summed E-state index contributed by atoms with van der Waals surface area (Å²) in [6, 6.07) is 15.9. The second-order valence-electron chi connectivity index (χ2n) is 9.82. The van der Waals surface area contributed by atoms with Crippen LogP contribution in [0.25, 0.3) is 11.1 Å². The zero-order chi connectivity index (χ0) is 26.3. The number of halogens is 2. The van der Waals surface area contributed by atoms with E-state index in [1.54, 1.807) is 12.1 Å². The molecule has 1 heterocycles. The van der Waals surface area contributed by atoms with Gasteiger partial charge in [0.05, 0.1) is 11.8 Å². The van der Waals surface area contributed by atoms with Gasteiger partial charge in [-0.2, -0.15) is 11.8 Å². The number of alkyl halides is 2. The maximum Gasteiger partial charge on any atom is 0.329 e. The van der Waals surface area contributed by atoms with E-state index in [1.807, 2.05) is 48.7 Å². The van der Waals surface area contributed by atoms with Crippen molar-refractivity contribution < 1.29 is 23.9 Å². The third-order valence-electron chi connectivity index (χ3n) is 7.86. The first kappa shape index (κ1) is 26.6. The van der Waals surface area contributed by atoms with E-state index in [0.29, 0.717) is 17.7 Å². The van der Waals surface area contributed by atoms with Gasteiger partial charge in [0, 0.05) is 15.2 Å². The Balaban J connectivity index is 1.27. The van der Waals surface area contributed by atoms with Crippen LogP contribution in [-0.2, 0) is 19.1 Å². The highest BCUT2D eigenvalue weighted by Gasteiger charge is 2.67. The van der Waals surface area contributed by atoms with Gasteiger partial charge in [-0.25, -0.2) is 4.79 Å². The molecule has 2 aromatic rings. The number of likely N-dealkylation sites (tertiary alicyclic amines) is 1. The molecule has 2 bridgehead atoms. The molecule has 37 heavy (non-hydrogen) atoms. The molecule has 0 spiro atoms. The number of thioether (sulfide) groups is 1. The maximum absolute atomic E-state index is 13.4. The fourth-order valence-electron chi connectivity index (χ4n) is 6.06. The minimum absolute atomic E-state index is 0.0680. The third-order valence-corrected chi connectivity index (χ3v) is 11.7. The van der Waals surface area contributed by atoms with Crippen molar-refractivity contribution >= 4 is 67.2 Å². The Kier molecular flexibility index (Phi) is 7.93. The molecule has 1 aliphatic heterocycles. The van der Waals surface area contributed by atoms with Crippen LogP contribution in [0.4, 0.5) is 0 Å². The van der Waals surface area contributed by atoms with E-state index in [4.69, 9.17) is 4.74 Å². The zero-order valence-electron chi connectivity index (χ0n) is 20.2. The first-order valence-electron chi connectivity index (χ1n) is 12.3. The number of fused-ring (bicyclic) bond motifs is 5. The van der Waals surface area contributed by atoms with Crippen molar-refractivity contribution in [2.75, 3.05) is 18.6 Å². The molecule has 6 nitrogen and oxygen atoms in total. The van der Waals surface area contributed by atoms with E-state index in [9.17, 15) is 19.2 Å². The van der Waals surface area contributed by atoms with Gasteiger partial charge >= 0.3 is 5.97 Å². The van der Waals surface area contributed by atoms with Gasteiger partial charge < -0.3 is 4.74 Å². The number of carbonyl (C=O) groups is 4. The van der Waals surface area contributed by atoms with Crippen molar-refractivity contribution in [1.82, 2.24) is 4.90 Å². The maximum atomic E-state index is 13.4. The van der Waals surface area contributed by atoms with Gasteiger partial charge in [-0.15, -0.1) is 0 Å². The van der Waals surface area contributed by atoms with Crippen LogP contribution in [0.5, 0.6) is 0 Å². The Morgan fingerprint density at radius 3 is 2.08 bits per heavy atom. The monoisotopic (exact) mass is 647 g/mol. The second-order valence-corrected chi connectivity index (χ2v) is 12.9. The molecular weight excluding hydrogens is 622 g/mol. The lowest BCUT2D eigenvalue weighted by atomic mass is 9.81. The highest BCUT2D eigenvalue weighted by molar-refractivity contribution is 9.12. The Bertz CT molecular complexity index is 1170. The summed E-state index contributed by atoms with van der Waals surface area (Å²) in [4.78, 5) is 54.2. The van der Waals surface area contributed by atoms with Crippen LogP contribution >= 0.6 is 43.6 Å². The summed E-state index contributed by atoms with van der Waals surface area (Å²) >= 11 is 8.91. The standard InChI is InChI=1S/C28H27Br2NO5S/c1-37-12-11-20(31-26(33)22-18-13-19(23(22)27(31)34)25(30)24(18)29)28(35)36-14-21(32)17-9-7-16(8-10-17)15-5-3-2-4-6-15/h2-10,18-20,22-25H,11-14H2,1H3. The topological polar surface area (TPSA) is 80.8 Å². The average Bonchev–Trinajstić information content (AvgIpc) is 3.53. The summed E-state index contributed by atoms with van der Waals surface area (Å²) in [6.45, 7) is -0.444. The Hall–Kier alpha value is -1.97. The summed E-state index contributed by atoms with van der Waals surface area (Å²) in [7, 11) is 0. The number of esters is 1. The number of imide groups is 1. The number of amides is 2. The summed E-state index contributed by atoms with van der Waals surface area (Å²) in [6.07, 6.45) is 3.02. The van der Waals surface area contributed by atoms with E-state index >= 15 is 0 Å². The minimum atomic E-state index is -1.02. The van der Waals surface area contributed by atoms with Gasteiger partial charge in [-0.3, -0.25) is 19.3 Å². The number of rotatable bonds is 9. The van der Waals surface area contributed by atoms with Crippen LogP contribution in [0.3, 0.4) is 0 Å². The summed E-state index contributed by atoms with van der Waals surface area (Å²) in [5, 5.41) is 0. The summed E-state index contributed by atoms with van der Waals surface area (Å²) < 4.78 is 5.41. The molecule has 0 N–H and O–H groups in total. The molecule has 3 aliphatic rings. The number of hydrogen-bond donors (Lipinski definition) is 0. The molecule has 7 unspecified atom stereocenters. The fourth-order valence-corrected chi connectivity index (χ4v) is 8.39. The van der Waals surface area contributed by atoms with Crippen molar-refractivity contribution in [3.8, 4) is 11.1 Å². The van der Waals surface area contributed by atoms with Gasteiger partial charge in [0.15, 0.2) is 12.4 Å². The van der Waals surface area contributed by atoms with Crippen LogP contribution in [-0.4, -0.2) is 62.8 Å². The molecule has 2 aromatic carbocycles. The van der Waals surface area contributed by atoms with Gasteiger partial charge in [0.1, 0.15) is 6.04 Å². The molecule has 9 heteroatoms. The quantitative estimate of drug-likeness (QED) is 0.165. The van der Waals surface area contributed by atoms with Crippen LogP contribution in [0.2, 0.25) is 0 Å². The third kappa shape index (κ3) is 4.83. The fraction of sp³-hybridized carbons (Fsp3) is 0.429. The lowest BCUT2D eigenvalue weighted by molar-refractivity contribution is -0.158. The van der Waals surface area contributed by atoms with E-state index in [1.165, 1.54) is 11.8 Å². The molecule has 5 rings (SSSR count). The van der Waals surface area contributed by atoms with Gasteiger partial charge in [-0.1, -0.05) is 86.5 Å². The number of hydrogen-bond acceptors (Lipinski definition) is 6. The molecular formula is C28H27Br2NO5S. The first-order chi connectivity index (χ1) is 17.8. The van der Waals surface area contributed by atoms with Gasteiger partial charge in [0.25, 0.3) is 0 Å². The van der Waals surface area contributed by atoms with Crippen LogP contribution < -0.4 is 0 Å². The van der Waals surface area contributed by atoms with E-state index < -0.39 is 30.5 Å².